The average molecular weight is 217 g/mol. The minimum Gasteiger partial charge on any atom is -0.391 e. The van der Waals surface area contributed by atoms with Gasteiger partial charge in [-0.25, -0.2) is 0 Å². The van der Waals surface area contributed by atoms with Crippen LogP contribution in [0.25, 0.3) is 0 Å². The van der Waals surface area contributed by atoms with E-state index in [2.05, 4.69) is 4.98 Å². The summed E-state index contributed by atoms with van der Waals surface area (Å²) in [5.41, 5.74) is 6.57. The van der Waals surface area contributed by atoms with E-state index in [0.717, 1.165) is 0 Å². The number of hydrogen-bond donors (Lipinski definition) is 3. The molecule has 0 aliphatic rings. The second-order valence-electron chi connectivity index (χ2n) is 3.09. The molecule has 0 aliphatic heterocycles. The summed E-state index contributed by atoms with van der Waals surface area (Å²) in [6.45, 7) is 1.35. The van der Waals surface area contributed by atoms with Crippen LogP contribution >= 0.6 is 11.6 Å². The molecule has 4 N–H and O–H groups in total. The highest BCUT2D eigenvalue weighted by atomic mass is 35.5. The third-order valence-electron chi connectivity index (χ3n) is 1.95. The molecule has 5 heteroatoms. The van der Waals surface area contributed by atoms with Crippen LogP contribution in [0, 0.1) is 0 Å². The molecule has 0 fully saturated rings. The quantitative estimate of drug-likeness (QED) is 0.692. The maximum absolute atomic E-state index is 9.25. The van der Waals surface area contributed by atoms with E-state index in [4.69, 9.17) is 22.4 Å². The smallest absolute Gasteiger partial charge is 0.0868 e. The summed E-state index contributed by atoms with van der Waals surface area (Å²) in [4.78, 5) is 4.04. The summed E-state index contributed by atoms with van der Waals surface area (Å²) in [6, 6.07) is 2.69. The fraction of sp³-hybridized carbons (Fsp3) is 0.444. The number of aliphatic hydroxyl groups is 2. The highest BCUT2D eigenvalue weighted by Gasteiger charge is 2.14. The Kier molecular flexibility index (Phi) is 3.83. The van der Waals surface area contributed by atoms with Gasteiger partial charge in [-0.1, -0.05) is 11.6 Å². The lowest BCUT2D eigenvalue weighted by Gasteiger charge is -2.14. The fourth-order valence-electron chi connectivity index (χ4n) is 1.04. The Bertz CT molecular complexity index is 318. The van der Waals surface area contributed by atoms with Crippen LogP contribution in [0.5, 0.6) is 0 Å². The van der Waals surface area contributed by atoms with E-state index in [0.29, 0.717) is 16.4 Å². The molecule has 1 heterocycles. The van der Waals surface area contributed by atoms with Crippen molar-refractivity contribution in [2.75, 3.05) is 0 Å². The lowest BCUT2D eigenvalue weighted by molar-refractivity contribution is 0.162. The van der Waals surface area contributed by atoms with Crippen molar-refractivity contribution >= 4 is 11.6 Å². The first-order valence-corrected chi connectivity index (χ1v) is 4.64. The number of aromatic nitrogens is 1. The van der Waals surface area contributed by atoms with E-state index in [1.165, 1.54) is 0 Å². The van der Waals surface area contributed by atoms with Crippen molar-refractivity contribution in [2.24, 2.45) is 5.73 Å². The van der Waals surface area contributed by atoms with Gasteiger partial charge in [0.2, 0.25) is 0 Å². The number of pyridine rings is 1. The topological polar surface area (TPSA) is 79.4 Å². The van der Waals surface area contributed by atoms with Gasteiger partial charge in [0.1, 0.15) is 0 Å². The highest BCUT2D eigenvalue weighted by molar-refractivity contribution is 6.31. The van der Waals surface area contributed by atoms with Crippen LogP contribution in [-0.2, 0) is 6.61 Å². The second kappa shape index (κ2) is 4.70. The van der Waals surface area contributed by atoms with Crippen molar-refractivity contribution < 1.29 is 10.2 Å². The Morgan fingerprint density at radius 3 is 2.71 bits per heavy atom. The minimum absolute atomic E-state index is 0.237. The first-order chi connectivity index (χ1) is 6.56. The summed E-state index contributed by atoms with van der Waals surface area (Å²) in [7, 11) is 0. The Morgan fingerprint density at radius 2 is 2.21 bits per heavy atom. The third kappa shape index (κ3) is 2.42. The largest absolute Gasteiger partial charge is 0.391 e. The van der Waals surface area contributed by atoms with E-state index >= 15 is 0 Å². The number of hydrogen-bond acceptors (Lipinski definition) is 4. The van der Waals surface area contributed by atoms with Crippen LogP contribution in [0.1, 0.15) is 24.4 Å². The zero-order valence-electron chi connectivity index (χ0n) is 7.81. The lowest BCUT2D eigenvalue weighted by Crippen LogP contribution is -2.24. The van der Waals surface area contributed by atoms with Crippen LogP contribution in [0.3, 0.4) is 0 Å². The predicted octanol–water partition coefficient (Wildman–Crippen LogP) is 0.608. The maximum atomic E-state index is 9.25. The molecule has 0 amide bonds. The van der Waals surface area contributed by atoms with E-state index in [-0.39, 0.29) is 6.61 Å². The summed E-state index contributed by atoms with van der Waals surface area (Å²) >= 11 is 5.75. The van der Waals surface area contributed by atoms with Gasteiger partial charge in [0.15, 0.2) is 0 Å². The normalized spacial score (nSPS) is 15.2. The van der Waals surface area contributed by atoms with Crippen molar-refractivity contribution in [1.82, 2.24) is 4.98 Å². The molecule has 0 radical (unpaired) electrons. The molecule has 0 saturated carbocycles. The number of aliphatic hydroxyl groups excluding tert-OH is 2. The van der Waals surface area contributed by atoms with Crippen LogP contribution in [0.4, 0.5) is 0 Å². The highest BCUT2D eigenvalue weighted by Crippen LogP contribution is 2.18. The standard InChI is InChI=1S/C9H13ClN2O2/c1-5(14)9(11)7-3-2-6(10)8(4-13)12-7/h2-3,5,9,13-14H,4,11H2,1H3/t5-,9-/m1/s1. The molecule has 0 spiro atoms. The fourth-order valence-corrected chi connectivity index (χ4v) is 1.21. The summed E-state index contributed by atoms with van der Waals surface area (Å²) < 4.78 is 0. The molecule has 0 unspecified atom stereocenters. The zero-order chi connectivity index (χ0) is 10.7. The molecule has 0 aromatic carbocycles. The van der Waals surface area contributed by atoms with Crippen LogP contribution in [0.2, 0.25) is 5.02 Å². The van der Waals surface area contributed by atoms with Gasteiger partial charge < -0.3 is 15.9 Å². The van der Waals surface area contributed by atoms with Gasteiger partial charge in [0.25, 0.3) is 0 Å². The molecular formula is C9H13ClN2O2. The summed E-state index contributed by atoms with van der Waals surface area (Å²) in [5, 5.41) is 18.6. The molecule has 14 heavy (non-hydrogen) atoms. The van der Waals surface area contributed by atoms with Crippen LogP contribution in [0.15, 0.2) is 12.1 Å². The van der Waals surface area contributed by atoms with Gasteiger partial charge in [0.05, 0.1) is 35.2 Å². The maximum Gasteiger partial charge on any atom is 0.0868 e. The predicted molar refractivity (Wildman–Crippen MR) is 53.8 cm³/mol. The van der Waals surface area contributed by atoms with Gasteiger partial charge in [-0.2, -0.15) is 0 Å². The first kappa shape index (κ1) is 11.4. The molecule has 1 aromatic heterocycles. The van der Waals surface area contributed by atoms with Crippen molar-refractivity contribution in [3.63, 3.8) is 0 Å². The molecule has 1 rings (SSSR count). The number of nitrogens with zero attached hydrogens (tertiary/aromatic N) is 1. The van der Waals surface area contributed by atoms with Gasteiger partial charge in [0, 0.05) is 0 Å². The van der Waals surface area contributed by atoms with Crippen molar-refractivity contribution in [3.8, 4) is 0 Å². The molecular weight excluding hydrogens is 204 g/mol. The molecule has 2 atom stereocenters. The molecule has 0 bridgehead atoms. The van der Waals surface area contributed by atoms with Gasteiger partial charge in [-0.05, 0) is 19.1 Å². The van der Waals surface area contributed by atoms with E-state index in [1.54, 1.807) is 19.1 Å². The SMILES string of the molecule is C[C@@H](O)[C@@H](N)c1ccc(Cl)c(CO)n1. The van der Waals surface area contributed by atoms with Crippen LogP contribution < -0.4 is 5.73 Å². The number of halogens is 1. The Morgan fingerprint density at radius 1 is 1.57 bits per heavy atom. The molecule has 4 nitrogen and oxygen atoms in total. The Labute approximate surface area is 87.3 Å². The molecule has 78 valence electrons. The average Bonchev–Trinajstić information content (AvgIpc) is 2.17. The number of nitrogens with two attached hydrogens (primary N) is 1. The van der Waals surface area contributed by atoms with Gasteiger partial charge in [-0.15, -0.1) is 0 Å². The number of rotatable bonds is 3. The van der Waals surface area contributed by atoms with Gasteiger partial charge in [-0.3, -0.25) is 4.98 Å². The summed E-state index contributed by atoms with van der Waals surface area (Å²) in [6.07, 6.45) is -0.685. The van der Waals surface area contributed by atoms with Gasteiger partial charge >= 0.3 is 0 Å². The van der Waals surface area contributed by atoms with E-state index < -0.39 is 12.1 Å². The monoisotopic (exact) mass is 216 g/mol. The second-order valence-corrected chi connectivity index (χ2v) is 3.50. The van der Waals surface area contributed by atoms with Crippen molar-refractivity contribution in [1.29, 1.82) is 0 Å². The Hall–Kier alpha value is -0.680. The van der Waals surface area contributed by atoms with E-state index in [9.17, 15) is 5.11 Å². The lowest BCUT2D eigenvalue weighted by atomic mass is 10.1. The van der Waals surface area contributed by atoms with Crippen molar-refractivity contribution in [2.45, 2.75) is 25.7 Å². The first-order valence-electron chi connectivity index (χ1n) is 4.26. The Balaban J connectivity index is 3.00. The molecule has 0 aliphatic carbocycles. The van der Waals surface area contributed by atoms with Crippen LogP contribution in [-0.4, -0.2) is 21.3 Å². The zero-order valence-corrected chi connectivity index (χ0v) is 8.57. The minimum atomic E-state index is -0.685. The van der Waals surface area contributed by atoms with E-state index in [1.807, 2.05) is 0 Å². The third-order valence-corrected chi connectivity index (χ3v) is 2.30. The molecule has 1 aromatic rings. The van der Waals surface area contributed by atoms with Crippen molar-refractivity contribution in [3.05, 3.63) is 28.5 Å². The molecule has 0 saturated heterocycles. The summed E-state index contributed by atoms with van der Waals surface area (Å²) in [5.74, 6) is 0.